The molecule has 0 aliphatic carbocycles. The Hall–Kier alpha value is -2.57. The Balaban J connectivity index is 1.98. The van der Waals surface area contributed by atoms with Crippen LogP contribution in [0.3, 0.4) is 0 Å². The molecule has 1 aliphatic rings. The number of hydrogen-bond acceptors (Lipinski definition) is 4. The van der Waals surface area contributed by atoms with Crippen molar-refractivity contribution in [2.24, 2.45) is 0 Å². The van der Waals surface area contributed by atoms with Gasteiger partial charge in [-0.1, -0.05) is 12.1 Å². The molecule has 2 rings (SSSR count). The van der Waals surface area contributed by atoms with Crippen LogP contribution in [0.25, 0.3) is 0 Å². The molecule has 1 heterocycles. The van der Waals surface area contributed by atoms with Gasteiger partial charge in [-0.15, -0.1) is 0 Å². The maximum Gasteiger partial charge on any atom is 0.224 e. The maximum absolute atomic E-state index is 12.4. The zero-order valence-electron chi connectivity index (χ0n) is 14.1. The lowest BCUT2D eigenvalue weighted by Crippen LogP contribution is -2.48. The van der Waals surface area contributed by atoms with E-state index in [-0.39, 0.29) is 18.2 Å². The molecule has 0 unspecified atom stereocenters. The summed E-state index contributed by atoms with van der Waals surface area (Å²) < 4.78 is 5.30. The van der Waals surface area contributed by atoms with Crippen molar-refractivity contribution in [1.82, 2.24) is 9.80 Å². The average Bonchev–Trinajstić information content (AvgIpc) is 2.62. The fourth-order valence-corrected chi connectivity index (χ4v) is 2.74. The predicted molar refractivity (Wildman–Crippen MR) is 89.9 cm³/mol. The molecule has 1 aromatic carbocycles. The molecule has 1 aromatic rings. The quantitative estimate of drug-likeness (QED) is 0.720. The summed E-state index contributed by atoms with van der Waals surface area (Å²) in [5.41, 5.74) is 0.658. The molecule has 0 radical (unpaired) electrons. The van der Waals surface area contributed by atoms with Crippen LogP contribution < -0.4 is 9.64 Å². The van der Waals surface area contributed by atoms with E-state index in [1.807, 2.05) is 12.1 Å². The van der Waals surface area contributed by atoms with Crippen molar-refractivity contribution in [3.05, 3.63) is 24.3 Å². The molecule has 0 spiro atoms. The molecule has 1 saturated heterocycles. The number of hydrogen-bond donors (Lipinski definition) is 0. The van der Waals surface area contributed by atoms with Gasteiger partial charge in [0.25, 0.3) is 0 Å². The number of ether oxygens (including phenoxy) is 1. The van der Waals surface area contributed by atoms with E-state index in [0.717, 1.165) is 6.41 Å². The summed E-state index contributed by atoms with van der Waals surface area (Å²) in [6.45, 7) is 3.94. The minimum Gasteiger partial charge on any atom is -0.495 e. The zero-order valence-corrected chi connectivity index (χ0v) is 14.1. The SMILES string of the molecule is COc1ccccc1N(CCC(=O)N1CCN(C=O)CC1)C(C)=O. The van der Waals surface area contributed by atoms with E-state index in [4.69, 9.17) is 4.74 Å². The third-order valence-electron chi connectivity index (χ3n) is 4.12. The number of piperazine rings is 1. The van der Waals surface area contributed by atoms with Gasteiger partial charge in [0.05, 0.1) is 12.8 Å². The zero-order chi connectivity index (χ0) is 17.5. The molecule has 0 atom stereocenters. The van der Waals surface area contributed by atoms with Gasteiger partial charge in [-0.3, -0.25) is 14.4 Å². The van der Waals surface area contributed by atoms with E-state index < -0.39 is 0 Å². The van der Waals surface area contributed by atoms with Crippen LogP contribution >= 0.6 is 0 Å². The average molecular weight is 333 g/mol. The Labute approximate surface area is 141 Å². The Morgan fingerprint density at radius 1 is 1.21 bits per heavy atom. The molecule has 3 amide bonds. The topological polar surface area (TPSA) is 70.2 Å². The molecular weight excluding hydrogens is 310 g/mol. The van der Waals surface area contributed by atoms with E-state index >= 15 is 0 Å². The molecule has 24 heavy (non-hydrogen) atoms. The van der Waals surface area contributed by atoms with E-state index in [0.29, 0.717) is 44.2 Å². The highest BCUT2D eigenvalue weighted by Gasteiger charge is 2.22. The molecular formula is C17H23N3O4. The Morgan fingerprint density at radius 2 is 1.88 bits per heavy atom. The van der Waals surface area contributed by atoms with Crippen molar-refractivity contribution in [2.45, 2.75) is 13.3 Å². The molecule has 7 heteroatoms. The second kappa shape index (κ2) is 8.33. The molecule has 0 saturated carbocycles. The Morgan fingerprint density at radius 3 is 2.46 bits per heavy atom. The third-order valence-corrected chi connectivity index (χ3v) is 4.12. The van der Waals surface area contributed by atoms with Gasteiger partial charge in [0.1, 0.15) is 5.75 Å². The van der Waals surface area contributed by atoms with Crippen LogP contribution in [0.5, 0.6) is 5.75 Å². The van der Waals surface area contributed by atoms with Crippen LogP contribution in [0, 0.1) is 0 Å². The summed E-state index contributed by atoms with van der Waals surface area (Å²) in [6.07, 6.45) is 1.04. The number of nitrogens with zero attached hydrogens (tertiary/aromatic N) is 3. The van der Waals surface area contributed by atoms with Crippen LogP contribution in [0.2, 0.25) is 0 Å². The summed E-state index contributed by atoms with van der Waals surface area (Å²) in [4.78, 5) is 40.0. The van der Waals surface area contributed by atoms with Crippen LogP contribution in [0.4, 0.5) is 5.69 Å². The first kappa shape index (κ1) is 17.8. The molecule has 0 bridgehead atoms. The minimum absolute atomic E-state index is 0.0123. The molecule has 7 nitrogen and oxygen atoms in total. The van der Waals surface area contributed by atoms with Gasteiger partial charge in [0.2, 0.25) is 18.2 Å². The monoisotopic (exact) mass is 333 g/mol. The summed E-state index contributed by atoms with van der Waals surface area (Å²) in [6, 6.07) is 7.24. The van der Waals surface area contributed by atoms with Crippen LogP contribution in [-0.2, 0) is 14.4 Å². The van der Waals surface area contributed by atoms with Crippen LogP contribution in [0.1, 0.15) is 13.3 Å². The largest absolute Gasteiger partial charge is 0.495 e. The fourth-order valence-electron chi connectivity index (χ4n) is 2.74. The second-order valence-electron chi connectivity index (χ2n) is 5.61. The molecule has 0 N–H and O–H groups in total. The number of benzene rings is 1. The molecule has 0 aromatic heterocycles. The summed E-state index contributed by atoms with van der Waals surface area (Å²) in [7, 11) is 1.55. The highest BCUT2D eigenvalue weighted by atomic mass is 16.5. The highest BCUT2D eigenvalue weighted by Crippen LogP contribution is 2.27. The second-order valence-corrected chi connectivity index (χ2v) is 5.61. The number of amides is 3. The number of para-hydroxylation sites is 2. The lowest BCUT2D eigenvalue weighted by atomic mass is 10.2. The highest BCUT2D eigenvalue weighted by molar-refractivity contribution is 5.93. The van der Waals surface area contributed by atoms with Crippen molar-refractivity contribution >= 4 is 23.9 Å². The smallest absolute Gasteiger partial charge is 0.224 e. The van der Waals surface area contributed by atoms with Gasteiger partial charge >= 0.3 is 0 Å². The van der Waals surface area contributed by atoms with Crippen molar-refractivity contribution in [1.29, 1.82) is 0 Å². The van der Waals surface area contributed by atoms with Crippen LogP contribution in [0.15, 0.2) is 24.3 Å². The lowest BCUT2D eigenvalue weighted by Gasteiger charge is -2.33. The van der Waals surface area contributed by atoms with Gasteiger partial charge in [0, 0.05) is 46.1 Å². The van der Waals surface area contributed by atoms with Crippen molar-refractivity contribution in [3.63, 3.8) is 0 Å². The first-order valence-electron chi connectivity index (χ1n) is 7.95. The Kier molecular flexibility index (Phi) is 6.17. The van der Waals surface area contributed by atoms with Crippen molar-refractivity contribution < 1.29 is 19.1 Å². The standard InChI is InChI=1S/C17H23N3O4/c1-14(22)20(15-5-3-4-6-16(15)24-2)8-7-17(23)19-11-9-18(13-21)10-12-19/h3-6,13H,7-12H2,1-2H3. The molecule has 130 valence electrons. The first-order valence-corrected chi connectivity index (χ1v) is 7.95. The molecule has 1 aliphatic heterocycles. The molecule has 1 fully saturated rings. The lowest BCUT2D eigenvalue weighted by molar-refractivity contribution is -0.135. The van der Waals surface area contributed by atoms with Crippen molar-refractivity contribution in [2.75, 3.05) is 44.7 Å². The van der Waals surface area contributed by atoms with Gasteiger partial charge in [-0.25, -0.2) is 0 Å². The summed E-state index contributed by atoms with van der Waals surface area (Å²) in [5.74, 6) is 0.444. The number of rotatable bonds is 6. The van der Waals surface area contributed by atoms with Gasteiger partial charge in [-0.2, -0.15) is 0 Å². The number of carbonyl (C=O) groups excluding carboxylic acids is 3. The van der Waals surface area contributed by atoms with Crippen LogP contribution in [-0.4, -0.2) is 67.9 Å². The number of anilines is 1. The fraction of sp³-hybridized carbons (Fsp3) is 0.471. The number of carbonyl (C=O) groups is 3. The van der Waals surface area contributed by atoms with E-state index in [9.17, 15) is 14.4 Å². The maximum atomic E-state index is 12.4. The third kappa shape index (κ3) is 4.24. The van der Waals surface area contributed by atoms with E-state index in [1.165, 1.54) is 6.92 Å². The van der Waals surface area contributed by atoms with E-state index in [1.54, 1.807) is 33.9 Å². The summed E-state index contributed by atoms with van der Waals surface area (Å²) in [5, 5.41) is 0. The Bertz CT molecular complexity index is 597. The normalized spacial score (nSPS) is 14.2. The summed E-state index contributed by atoms with van der Waals surface area (Å²) >= 11 is 0. The van der Waals surface area contributed by atoms with Gasteiger partial charge in [0.15, 0.2) is 0 Å². The minimum atomic E-state index is -0.141. The van der Waals surface area contributed by atoms with Gasteiger partial charge in [-0.05, 0) is 12.1 Å². The predicted octanol–water partition coefficient (Wildman–Crippen LogP) is 0.739. The first-order chi connectivity index (χ1) is 11.6. The van der Waals surface area contributed by atoms with Gasteiger partial charge < -0.3 is 19.4 Å². The van der Waals surface area contributed by atoms with Crippen molar-refractivity contribution in [3.8, 4) is 5.75 Å². The van der Waals surface area contributed by atoms with E-state index in [2.05, 4.69) is 0 Å². The number of methoxy groups -OCH3 is 1.